The lowest BCUT2D eigenvalue weighted by Gasteiger charge is -2.36. The van der Waals surface area contributed by atoms with Gasteiger partial charge in [0.15, 0.2) is 0 Å². The lowest BCUT2D eigenvalue weighted by molar-refractivity contribution is -0.308. The van der Waals surface area contributed by atoms with Crippen LogP contribution in [0.3, 0.4) is 0 Å². The molecule has 5 atom stereocenters. The van der Waals surface area contributed by atoms with Gasteiger partial charge in [-0.25, -0.2) is 14.5 Å². The van der Waals surface area contributed by atoms with E-state index in [0.717, 1.165) is 48.8 Å². The second kappa shape index (κ2) is 24.2. The second-order valence-electron chi connectivity index (χ2n) is 18.6. The summed E-state index contributed by atoms with van der Waals surface area (Å²) in [5.41, 5.74) is 17.0. The first-order valence-corrected chi connectivity index (χ1v) is 24.3. The molecule has 2 heterocycles. The lowest BCUT2D eigenvalue weighted by atomic mass is 9.90. The molecule has 20 heteroatoms. The topological polar surface area (TPSA) is 319 Å². The Morgan fingerprint density at radius 2 is 1.46 bits per heavy atom. The molecule has 15 N–H and O–H groups in total. The third kappa shape index (κ3) is 12.7. The Hall–Kier alpha value is -7.36. The number of carbonyl (C=O) groups is 8. The van der Waals surface area contributed by atoms with Gasteiger partial charge in [-0.3, -0.25) is 35.0 Å². The van der Waals surface area contributed by atoms with Crippen molar-refractivity contribution in [1.82, 2.24) is 47.1 Å². The van der Waals surface area contributed by atoms with Crippen LogP contribution in [0.4, 0.5) is 4.79 Å². The molecule has 0 bridgehead atoms. The fraction of sp³-hybridized carbons (Fsp3) is 0.385. The van der Waals surface area contributed by atoms with Crippen LogP contribution in [-0.2, 0) is 59.2 Å². The zero-order valence-corrected chi connectivity index (χ0v) is 40.3. The number of amides is 8. The third-order valence-corrected chi connectivity index (χ3v) is 13.5. The molecular formula is C52H65N12O8+. The maximum Gasteiger partial charge on any atom is 0.331 e. The van der Waals surface area contributed by atoms with E-state index in [1.54, 1.807) is 13.2 Å². The Kier molecular flexibility index (Phi) is 17.6. The minimum Gasteiger partial charge on any atom is -0.361 e. The molecule has 72 heavy (non-hydrogen) atoms. The number of urea groups is 1. The number of imide groups is 1. The van der Waals surface area contributed by atoms with Gasteiger partial charge < -0.3 is 53.1 Å². The van der Waals surface area contributed by atoms with Crippen molar-refractivity contribution in [1.29, 1.82) is 0 Å². The van der Waals surface area contributed by atoms with Crippen LogP contribution in [0.5, 0.6) is 0 Å². The summed E-state index contributed by atoms with van der Waals surface area (Å²) in [5, 5.41) is 22.7. The lowest BCUT2D eigenvalue weighted by Crippen LogP contribution is -2.67. The fourth-order valence-corrected chi connectivity index (χ4v) is 9.67. The van der Waals surface area contributed by atoms with Gasteiger partial charge in [0.2, 0.25) is 23.6 Å². The molecule has 1 aromatic heterocycles. The standard InChI is InChI=1S/C52H64N12O8/c1-56-41(18-10-22-58-50(54)55)46(68)62-42(25-36-29-59-39-16-7-6-15-38(36)39)47(69)61-40(45(53)67)17-8-9-21-57-44(66)26-43-48(70)64(51(72)63-43)52(27-34-13-4-5-14-35(34)28-52)49(71)60-37(30-65)24-31-19-20-32-11-2-3-12-33(32)23-31/h2-7,11-16,19-20,23,29-30,37,40-43,50,56,58-59H,8-10,17-18,21-22,24-28,54-55H2,1H3,(H2,53,67)(H,57,66)(H,60,71)(H,61,69)(H,62,68)(H,63,72)/p+1. The molecule has 0 spiro atoms. The summed E-state index contributed by atoms with van der Waals surface area (Å²) in [4.78, 5) is 112. The molecular weight excluding hydrogens is 921 g/mol. The van der Waals surface area contributed by atoms with Crippen LogP contribution in [0.25, 0.3) is 21.7 Å². The molecule has 20 nitrogen and oxygen atoms in total. The number of rotatable bonds is 26. The molecule has 380 valence electrons. The molecule has 7 rings (SSSR count). The maximum absolute atomic E-state index is 14.4. The maximum atomic E-state index is 14.4. The van der Waals surface area contributed by atoms with E-state index >= 15 is 0 Å². The van der Waals surface area contributed by atoms with Crippen LogP contribution in [-0.4, -0.2) is 120 Å². The summed E-state index contributed by atoms with van der Waals surface area (Å²) in [6.07, 6.45) is 3.62. The van der Waals surface area contributed by atoms with E-state index in [2.05, 4.69) is 47.9 Å². The Balaban J connectivity index is 0.930. The van der Waals surface area contributed by atoms with E-state index in [1.807, 2.05) is 91.0 Å². The molecule has 1 aliphatic carbocycles. The number of nitrogens with two attached hydrogens (primary N) is 2. The molecule has 0 radical (unpaired) electrons. The van der Waals surface area contributed by atoms with Crippen LogP contribution in [0, 0.1) is 0 Å². The molecule has 2 aliphatic rings. The molecule has 8 amide bonds. The number of aromatic amines is 1. The Morgan fingerprint density at radius 1 is 0.792 bits per heavy atom. The van der Waals surface area contributed by atoms with Gasteiger partial charge in [-0.2, -0.15) is 0 Å². The Morgan fingerprint density at radius 3 is 2.17 bits per heavy atom. The first-order valence-electron chi connectivity index (χ1n) is 24.3. The minimum atomic E-state index is -1.70. The highest BCUT2D eigenvalue weighted by molar-refractivity contribution is 6.10. The van der Waals surface area contributed by atoms with Gasteiger partial charge in [-0.15, -0.1) is 0 Å². The summed E-state index contributed by atoms with van der Waals surface area (Å²) in [7, 11) is 1.65. The number of nitrogens with one attached hydrogen (secondary N) is 8. The van der Waals surface area contributed by atoms with Crippen molar-refractivity contribution in [3.8, 4) is 0 Å². The normalized spacial score (nSPS) is 16.7. The van der Waals surface area contributed by atoms with Crippen LogP contribution in [0.2, 0.25) is 0 Å². The summed E-state index contributed by atoms with van der Waals surface area (Å²) in [5.74, 6) is -3.45. The van der Waals surface area contributed by atoms with Gasteiger partial charge in [-0.1, -0.05) is 84.9 Å². The second-order valence-corrected chi connectivity index (χ2v) is 18.6. The SMILES string of the molecule is CNC(CCCNC(N)N)C(=O)NC(Cc1c[nH]c2ccccc12)C(=O)NC(CCCCNC(=O)CC1NC(=O)N(C2(C(=O)NC(C=O)Cc3ccc4ccccc4c3)Cc3ccccc3C2)C1=O)C([NH3+])=O. The number of quaternary nitrogens is 1. The third-order valence-electron chi connectivity index (χ3n) is 13.5. The van der Waals surface area contributed by atoms with Crippen molar-refractivity contribution < 1.29 is 44.1 Å². The fourth-order valence-electron chi connectivity index (χ4n) is 9.67. The molecule has 0 saturated carbocycles. The highest BCUT2D eigenvalue weighted by atomic mass is 16.2. The first-order chi connectivity index (χ1) is 34.7. The van der Waals surface area contributed by atoms with E-state index in [4.69, 9.17) is 11.5 Å². The smallest absolute Gasteiger partial charge is 0.331 e. The van der Waals surface area contributed by atoms with Gasteiger partial charge in [-0.05, 0) is 91.2 Å². The number of hydrogen-bond donors (Lipinski definition) is 11. The molecule has 1 fully saturated rings. The van der Waals surface area contributed by atoms with E-state index in [0.29, 0.717) is 38.5 Å². The van der Waals surface area contributed by atoms with Gasteiger partial charge >= 0.3 is 11.9 Å². The zero-order chi connectivity index (χ0) is 51.4. The van der Waals surface area contributed by atoms with Crippen molar-refractivity contribution in [2.45, 2.75) is 106 Å². The number of H-pyrrole nitrogens is 1. The number of benzene rings is 4. The van der Waals surface area contributed by atoms with Crippen LogP contribution in [0.1, 0.15) is 60.8 Å². The molecule has 4 aromatic carbocycles. The van der Waals surface area contributed by atoms with Crippen LogP contribution in [0.15, 0.2) is 97.2 Å². The van der Waals surface area contributed by atoms with Crippen molar-refractivity contribution in [3.63, 3.8) is 0 Å². The van der Waals surface area contributed by atoms with Gasteiger partial charge in [0.1, 0.15) is 36.2 Å². The summed E-state index contributed by atoms with van der Waals surface area (Å²) in [6, 6.07) is 22.7. The number of para-hydroxylation sites is 1. The number of likely N-dealkylation sites (N-methyl/N-ethyl adjacent to an activating group) is 1. The van der Waals surface area contributed by atoms with E-state index < -0.39 is 89.9 Å². The van der Waals surface area contributed by atoms with Crippen molar-refractivity contribution in [2.75, 3.05) is 20.1 Å². The summed E-state index contributed by atoms with van der Waals surface area (Å²) >= 11 is 0. The number of fused-ring (bicyclic) bond motifs is 3. The number of nitrogens with zero attached hydrogens (tertiary/aromatic N) is 1. The minimum absolute atomic E-state index is 0.0202. The van der Waals surface area contributed by atoms with E-state index in [9.17, 15) is 38.4 Å². The van der Waals surface area contributed by atoms with Crippen molar-refractivity contribution in [3.05, 3.63) is 119 Å². The first kappa shape index (κ1) is 52.5. The molecule has 1 saturated heterocycles. The van der Waals surface area contributed by atoms with Crippen LogP contribution < -0.4 is 54.4 Å². The largest absolute Gasteiger partial charge is 0.361 e. The molecule has 5 unspecified atom stereocenters. The predicted molar refractivity (Wildman–Crippen MR) is 269 cm³/mol. The van der Waals surface area contributed by atoms with Crippen molar-refractivity contribution >= 4 is 69.4 Å². The monoisotopic (exact) mass is 986 g/mol. The Labute approximate surface area is 416 Å². The van der Waals surface area contributed by atoms with Gasteiger partial charge in [0.25, 0.3) is 5.91 Å². The van der Waals surface area contributed by atoms with E-state index in [-0.39, 0.29) is 38.6 Å². The average molecular weight is 986 g/mol. The predicted octanol–water partition coefficient (Wildman–Crippen LogP) is -0.178. The Bertz CT molecular complexity index is 2770. The number of carbonyl (C=O) groups excluding carboxylic acids is 8. The van der Waals surface area contributed by atoms with E-state index in [1.165, 1.54) is 0 Å². The summed E-state index contributed by atoms with van der Waals surface area (Å²) < 4.78 is 0. The number of unbranched alkanes of at least 4 members (excludes halogenated alkanes) is 1. The zero-order valence-electron chi connectivity index (χ0n) is 40.3. The number of hydrogen-bond acceptors (Lipinski definition) is 12. The summed E-state index contributed by atoms with van der Waals surface area (Å²) in [6.45, 7) is 0.626. The molecule has 1 aliphatic heterocycles. The van der Waals surface area contributed by atoms with Gasteiger partial charge in [0, 0.05) is 42.9 Å². The van der Waals surface area contributed by atoms with Crippen LogP contribution >= 0.6 is 0 Å². The quantitative estimate of drug-likeness (QED) is 0.0149. The molecule has 5 aromatic rings. The van der Waals surface area contributed by atoms with Crippen molar-refractivity contribution in [2.24, 2.45) is 11.5 Å². The number of aromatic nitrogens is 1. The van der Waals surface area contributed by atoms with Gasteiger partial charge in [0.05, 0.1) is 18.5 Å². The highest BCUT2D eigenvalue weighted by Crippen LogP contribution is 2.37. The number of aldehydes is 1. The average Bonchev–Trinajstić information content (AvgIpc) is 4.05. The highest BCUT2D eigenvalue weighted by Gasteiger charge is 2.57.